The standard InChI is InChI=1S/C19H21ClO4/c1-4-23-19(21)18(22-3)16-8-6-5-7-14(16)12-24-17-10-9-15(20)11-13(17)2/h5-11,18H,4,12H2,1-3H3. The van der Waals surface area contributed by atoms with E-state index in [4.69, 9.17) is 25.8 Å². The number of ether oxygens (including phenoxy) is 3. The van der Waals surface area contributed by atoms with Gasteiger partial charge in [-0.15, -0.1) is 0 Å². The smallest absolute Gasteiger partial charge is 0.339 e. The highest BCUT2D eigenvalue weighted by Gasteiger charge is 2.24. The summed E-state index contributed by atoms with van der Waals surface area (Å²) in [7, 11) is 1.49. The van der Waals surface area contributed by atoms with Crippen molar-refractivity contribution in [2.45, 2.75) is 26.6 Å². The zero-order valence-electron chi connectivity index (χ0n) is 14.0. The molecule has 128 valence electrons. The van der Waals surface area contributed by atoms with Gasteiger partial charge in [0, 0.05) is 12.1 Å². The van der Waals surface area contributed by atoms with Crippen LogP contribution in [0.25, 0.3) is 0 Å². The van der Waals surface area contributed by atoms with Gasteiger partial charge in [0.1, 0.15) is 12.4 Å². The maximum absolute atomic E-state index is 12.1. The number of aryl methyl sites for hydroxylation is 1. The number of esters is 1. The lowest BCUT2D eigenvalue weighted by Gasteiger charge is -2.18. The molecule has 2 aromatic carbocycles. The maximum atomic E-state index is 12.1. The summed E-state index contributed by atoms with van der Waals surface area (Å²) in [5.41, 5.74) is 2.56. The van der Waals surface area contributed by atoms with Gasteiger partial charge < -0.3 is 14.2 Å². The molecule has 5 heteroatoms. The Bertz CT molecular complexity index is 700. The molecule has 1 atom stereocenters. The second-order valence-corrected chi connectivity index (χ2v) is 5.70. The van der Waals surface area contributed by atoms with E-state index in [0.717, 1.165) is 22.4 Å². The average Bonchev–Trinajstić information content (AvgIpc) is 2.56. The number of carbonyl (C=O) groups is 1. The molecule has 0 amide bonds. The number of hydrogen-bond donors (Lipinski definition) is 0. The van der Waals surface area contributed by atoms with Gasteiger partial charge in [-0.3, -0.25) is 0 Å². The molecule has 2 aromatic rings. The maximum Gasteiger partial charge on any atom is 0.339 e. The van der Waals surface area contributed by atoms with Crippen LogP contribution in [0.1, 0.15) is 29.7 Å². The molecule has 0 saturated carbocycles. The Morgan fingerprint density at radius 2 is 1.96 bits per heavy atom. The third kappa shape index (κ3) is 4.49. The summed E-state index contributed by atoms with van der Waals surface area (Å²) in [6.07, 6.45) is -0.768. The predicted octanol–water partition coefficient (Wildman–Crippen LogP) is 4.48. The quantitative estimate of drug-likeness (QED) is 0.692. The lowest BCUT2D eigenvalue weighted by atomic mass is 10.0. The van der Waals surface area contributed by atoms with Crippen LogP contribution in [-0.2, 0) is 20.9 Å². The SMILES string of the molecule is CCOC(=O)C(OC)c1ccccc1COc1ccc(Cl)cc1C. The summed E-state index contributed by atoms with van der Waals surface area (Å²) in [5.74, 6) is 0.342. The van der Waals surface area contributed by atoms with E-state index in [-0.39, 0.29) is 0 Å². The second-order valence-electron chi connectivity index (χ2n) is 5.27. The number of carbonyl (C=O) groups excluding carboxylic acids is 1. The highest BCUT2D eigenvalue weighted by atomic mass is 35.5. The Morgan fingerprint density at radius 1 is 1.21 bits per heavy atom. The number of halogens is 1. The Morgan fingerprint density at radius 3 is 2.62 bits per heavy atom. The van der Waals surface area contributed by atoms with Crippen molar-refractivity contribution in [2.75, 3.05) is 13.7 Å². The molecule has 0 bridgehead atoms. The molecule has 0 fully saturated rings. The first-order valence-electron chi connectivity index (χ1n) is 7.73. The Kier molecular flexibility index (Phi) is 6.64. The van der Waals surface area contributed by atoms with Gasteiger partial charge >= 0.3 is 5.97 Å². The van der Waals surface area contributed by atoms with E-state index in [2.05, 4.69) is 0 Å². The van der Waals surface area contributed by atoms with Gasteiger partial charge in [0.15, 0.2) is 6.10 Å². The lowest BCUT2D eigenvalue weighted by molar-refractivity contribution is -0.155. The summed E-state index contributed by atoms with van der Waals surface area (Å²) in [6.45, 7) is 4.33. The Hall–Kier alpha value is -2.04. The monoisotopic (exact) mass is 348 g/mol. The third-order valence-electron chi connectivity index (χ3n) is 3.59. The van der Waals surface area contributed by atoms with Gasteiger partial charge in [-0.2, -0.15) is 0 Å². The normalized spacial score (nSPS) is 11.8. The fraction of sp³-hybridized carbons (Fsp3) is 0.316. The fourth-order valence-corrected chi connectivity index (χ4v) is 2.65. The highest BCUT2D eigenvalue weighted by molar-refractivity contribution is 6.30. The summed E-state index contributed by atoms with van der Waals surface area (Å²) in [4.78, 5) is 12.1. The number of rotatable bonds is 7. The van der Waals surface area contributed by atoms with Crippen molar-refractivity contribution < 1.29 is 19.0 Å². The van der Waals surface area contributed by atoms with Crippen molar-refractivity contribution in [3.63, 3.8) is 0 Å². The highest BCUT2D eigenvalue weighted by Crippen LogP contribution is 2.26. The first-order valence-corrected chi connectivity index (χ1v) is 8.10. The zero-order chi connectivity index (χ0) is 17.5. The van der Waals surface area contributed by atoms with E-state index < -0.39 is 12.1 Å². The van der Waals surface area contributed by atoms with Gasteiger partial charge in [-0.1, -0.05) is 35.9 Å². The summed E-state index contributed by atoms with van der Waals surface area (Å²) in [6, 6.07) is 13.0. The average molecular weight is 349 g/mol. The van der Waals surface area contributed by atoms with Crippen LogP contribution < -0.4 is 4.74 Å². The molecule has 0 aliphatic heterocycles. The first-order chi connectivity index (χ1) is 11.6. The third-order valence-corrected chi connectivity index (χ3v) is 3.83. The van der Waals surface area contributed by atoms with E-state index in [9.17, 15) is 4.79 Å². The van der Waals surface area contributed by atoms with Crippen molar-refractivity contribution in [3.05, 3.63) is 64.2 Å². The fourth-order valence-electron chi connectivity index (χ4n) is 2.42. The van der Waals surface area contributed by atoms with Crippen LogP contribution >= 0.6 is 11.6 Å². The number of hydrogen-bond acceptors (Lipinski definition) is 4. The molecule has 0 heterocycles. The second kappa shape index (κ2) is 8.71. The zero-order valence-corrected chi connectivity index (χ0v) is 14.8. The van der Waals surface area contributed by atoms with Crippen LogP contribution in [-0.4, -0.2) is 19.7 Å². The van der Waals surface area contributed by atoms with Crippen LogP contribution in [0.4, 0.5) is 0 Å². The van der Waals surface area contributed by atoms with Gasteiger partial charge in [0.2, 0.25) is 0 Å². The molecule has 0 radical (unpaired) electrons. The first kappa shape index (κ1) is 18.3. The topological polar surface area (TPSA) is 44.8 Å². The summed E-state index contributed by atoms with van der Waals surface area (Å²) in [5, 5.41) is 0.669. The number of benzene rings is 2. The van der Waals surface area contributed by atoms with E-state index in [1.807, 2.05) is 43.3 Å². The van der Waals surface area contributed by atoms with Crippen molar-refractivity contribution in [3.8, 4) is 5.75 Å². The molecule has 1 unspecified atom stereocenters. The number of methoxy groups -OCH3 is 1. The minimum atomic E-state index is -0.768. The van der Waals surface area contributed by atoms with E-state index in [0.29, 0.717) is 18.2 Å². The molecule has 2 rings (SSSR count). The van der Waals surface area contributed by atoms with E-state index in [1.54, 1.807) is 13.0 Å². The van der Waals surface area contributed by atoms with Gasteiger partial charge in [0.25, 0.3) is 0 Å². The predicted molar refractivity (Wildman–Crippen MR) is 93.3 cm³/mol. The van der Waals surface area contributed by atoms with E-state index in [1.165, 1.54) is 7.11 Å². The molecule has 0 aliphatic rings. The van der Waals surface area contributed by atoms with Crippen molar-refractivity contribution >= 4 is 17.6 Å². The molecule has 0 aliphatic carbocycles. The van der Waals surface area contributed by atoms with Crippen LogP contribution in [0, 0.1) is 6.92 Å². The molecule has 0 N–H and O–H groups in total. The molecular formula is C19H21ClO4. The molecule has 4 nitrogen and oxygen atoms in total. The van der Waals surface area contributed by atoms with Crippen LogP contribution in [0.15, 0.2) is 42.5 Å². The molecular weight excluding hydrogens is 328 g/mol. The van der Waals surface area contributed by atoms with Crippen molar-refractivity contribution in [1.29, 1.82) is 0 Å². The van der Waals surface area contributed by atoms with Gasteiger partial charge in [0.05, 0.1) is 6.61 Å². The van der Waals surface area contributed by atoms with Crippen LogP contribution in [0.3, 0.4) is 0 Å². The van der Waals surface area contributed by atoms with Crippen molar-refractivity contribution in [1.82, 2.24) is 0 Å². The van der Waals surface area contributed by atoms with Gasteiger partial charge in [-0.05, 0) is 48.7 Å². The minimum absolute atomic E-state index is 0.307. The van der Waals surface area contributed by atoms with Crippen LogP contribution in [0.2, 0.25) is 5.02 Å². The van der Waals surface area contributed by atoms with Crippen molar-refractivity contribution in [2.24, 2.45) is 0 Å². The molecule has 0 spiro atoms. The van der Waals surface area contributed by atoms with Crippen LogP contribution in [0.5, 0.6) is 5.75 Å². The Labute approximate surface area is 147 Å². The van der Waals surface area contributed by atoms with Gasteiger partial charge in [-0.25, -0.2) is 4.79 Å². The van der Waals surface area contributed by atoms with E-state index >= 15 is 0 Å². The molecule has 0 saturated heterocycles. The molecule has 0 aromatic heterocycles. The minimum Gasteiger partial charge on any atom is -0.489 e. The Balaban J connectivity index is 2.20. The summed E-state index contributed by atoms with van der Waals surface area (Å²) >= 11 is 5.96. The molecule has 24 heavy (non-hydrogen) atoms. The summed E-state index contributed by atoms with van der Waals surface area (Å²) < 4.78 is 16.3. The largest absolute Gasteiger partial charge is 0.489 e. The lowest BCUT2D eigenvalue weighted by Crippen LogP contribution is -2.19.